The van der Waals surface area contributed by atoms with Crippen LogP contribution in [0.2, 0.25) is 5.02 Å². The summed E-state index contributed by atoms with van der Waals surface area (Å²) in [6, 6.07) is 12.4. The molecule has 0 saturated heterocycles. The Morgan fingerprint density at radius 1 is 1.12 bits per heavy atom. The van der Waals surface area contributed by atoms with Crippen molar-refractivity contribution in [1.82, 2.24) is 5.32 Å². The monoisotopic (exact) mass is 346 g/mol. The number of methoxy groups -OCH3 is 1. The second kappa shape index (κ2) is 8.36. The molecule has 2 rings (SSSR count). The first-order valence-corrected chi connectivity index (χ1v) is 7.81. The summed E-state index contributed by atoms with van der Waals surface area (Å²) in [6.45, 7) is 1.75. The van der Waals surface area contributed by atoms with Crippen LogP contribution in [0.5, 0.6) is 5.75 Å². The molecule has 0 saturated carbocycles. The van der Waals surface area contributed by atoms with Gasteiger partial charge >= 0.3 is 0 Å². The molecule has 2 aromatic rings. The normalized spacial score (nSPS) is 10.1. The van der Waals surface area contributed by atoms with E-state index in [0.29, 0.717) is 23.0 Å². The van der Waals surface area contributed by atoms with Gasteiger partial charge in [-0.3, -0.25) is 9.59 Å². The van der Waals surface area contributed by atoms with Gasteiger partial charge in [-0.1, -0.05) is 23.7 Å². The van der Waals surface area contributed by atoms with Gasteiger partial charge in [0.05, 0.1) is 13.5 Å². The van der Waals surface area contributed by atoms with Crippen LogP contribution in [-0.4, -0.2) is 18.9 Å². The van der Waals surface area contributed by atoms with Gasteiger partial charge in [0.2, 0.25) is 11.8 Å². The van der Waals surface area contributed by atoms with Crippen LogP contribution >= 0.6 is 11.6 Å². The van der Waals surface area contributed by atoms with Gasteiger partial charge in [-0.05, 0) is 35.9 Å². The predicted molar refractivity (Wildman–Crippen MR) is 94.3 cm³/mol. The Labute approximate surface area is 146 Å². The molecule has 0 atom stereocenters. The van der Waals surface area contributed by atoms with Gasteiger partial charge in [-0.25, -0.2) is 0 Å². The smallest absolute Gasteiger partial charge is 0.224 e. The number of carbonyl (C=O) groups excluding carboxylic acids is 2. The molecule has 0 spiro atoms. The molecular weight excluding hydrogens is 328 g/mol. The predicted octanol–water partition coefficient (Wildman–Crippen LogP) is 3.17. The van der Waals surface area contributed by atoms with Gasteiger partial charge in [0.25, 0.3) is 0 Å². The first-order chi connectivity index (χ1) is 11.5. The third-order valence-electron chi connectivity index (χ3n) is 3.35. The number of hydrogen-bond donors (Lipinski definition) is 2. The summed E-state index contributed by atoms with van der Waals surface area (Å²) in [5.74, 6) is 0.387. The highest BCUT2D eigenvalue weighted by Gasteiger charge is 2.08. The minimum Gasteiger partial charge on any atom is -0.496 e. The Kier molecular flexibility index (Phi) is 6.21. The van der Waals surface area contributed by atoms with Gasteiger partial charge in [0.15, 0.2) is 0 Å². The third kappa shape index (κ3) is 5.28. The lowest BCUT2D eigenvalue weighted by Gasteiger charge is -2.12. The van der Waals surface area contributed by atoms with Crippen molar-refractivity contribution in [3.63, 3.8) is 0 Å². The molecule has 0 bridgehead atoms. The summed E-state index contributed by atoms with van der Waals surface area (Å²) in [4.78, 5) is 23.2. The van der Waals surface area contributed by atoms with E-state index in [1.807, 2.05) is 12.1 Å². The minimum atomic E-state index is -0.155. The maximum absolute atomic E-state index is 12.1. The standard InChI is InChI=1S/C18H19ClN2O3/c1-12(22)21-16-7-8-17(24-2)14(10-16)11-20-18(23)9-13-3-5-15(19)6-4-13/h3-8,10H,9,11H2,1-2H3,(H,20,23)(H,21,22). The number of rotatable bonds is 6. The number of hydrogen-bond acceptors (Lipinski definition) is 3. The molecule has 2 aromatic carbocycles. The van der Waals surface area contributed by atoms with E-state index >= 15 is 0 Å². The first-order valence-electron chi connectivity index (χ1n) is 7.43. The van der Waals surface area contributed by atoms with Crippen LogP contribution in [0.4, 0.5) is 5.69 Å². The molecule has 2 N–H and O–H groups in total. The zero-order chi connectivity index (χ0) is 17.5. The maximum Gasteiger partial charge on any atom is 0.224 e. The maximum atomic E-state index is 12.1. The van der Waals surface area contributed by atoms with Crippen LogP contribution in [0.15, 0.2) is 42.5 Å². The van der Waals surface area contributed by atoms with Crippen molar-refractivity contribution in [2.45, 2.75) is 19.9 Å². The molecule has 0 heterocycles. The molecule has 0 radical (unpaired) electrons. The molecule has 0 unspecified atom stereocenters. The summed E-state index contributed by atoms with van der Waals surface area (Å²) in [6.07, 6.45) is 0.269. The summed E-state index contributed by atoms with van der Waals surface area (Å²) in [7, 11) is 1.56. The molecule has 0 aromatic heterocycles. The fourth-order valence-electron chi connectivity index (χ4n) is 2.24. The topological polar surface area (TPSA) is 67.4 Å². The molecule has 5 nitrogen and oxygen atoms in total. The molecule has 0 fully saturated rings. The summed E-state index contributed by atoms with van der Waals surface area (Å²) in [5, 5.41) is 6.20. The van der Waals surface area contributed by atoms with Crippen molar-refractivity contribution in [3.8, 4) is 5.75 Å². The number of carbonyl (C=O) groups is 2. The summed E-state index contributed by atoms with van der Waals surface area (Å²) < 4.78 is 5.29. The van der Waals surface area contributed by atoms with Crippen molar-refractivity contribution >= 4 is 29.1 Å². The molecule has 2 amide bonds. The number of ether oxygens (including phenoxy) is 1. The Morgan fingerprint density at radius 3 is 2.46 bits per heavy atom. The Morgan fingerprint density at radius 2 is 1.83 bits per heavy atom. The second-order valence-corrected chi connectivity index (χ2v) is 5.72. The van der Waals surface area contributed by atoms with Crippen LogP contribution in [0.3, 0.4) is 0 Å². The van der Waals surface area contributed by atoms with Crippen LogP contribution in [0, 0.1) is 0 Å². The van der Waals surface area contributed by atoms with Crippen molar-refractivity contribution in [1.29, 1.82) is 0 Å². The highest BCUT2D eigenvalue weighted by molar-refractivity contribution is 6.30. The van der Waals surface area contributed by atoms with E-state index in [9.17, 15) is 9.59 Å². The van der Waals surface area contributed by atoms with Crippen molar-refractivity contribution in [3.05, 3.63) is 58.6 Å². The Hall–Kier alpha value is -2.53. The number of halogens is 1. The fourth-order valence-corrected chi connectivity index (χ4v) is 2.37. The third-order valence-corrected chi connectivity index (χ3v) is 3.61. The number of amides is 2. The van der Waals surface area contributed by atoms with Crippen molar-refractivity contribution in [2.75, 3.05) is 12.4 Å². The quantitative estimate of drug-likeness (QED) is 0.844. The van der Waals surface area contributed by atoms with Crippen LogP contribution in [0.1, 0.15) is 18.1 Å². The molecule has 0 aliphatic rings. The van der Waals surface area contributed by atoms with Crippen LogP contribution < -0.4 is 15.4 Å². The Bertz CT molecular complexity index is 730. The largest absolute Gasteiger partial charge is 0.496 e. The average Bonchev–Trinajstić information content (AvgIpc) is 2.55. The highest BCUT2D eigenvalue weighted by Crippen LogP contribution is 2.22. The van der Waals surface area contributed by atoms with Gasteiger partial charge < -0.3 is 15.4 Å². The van der Waals surface area contributed by atoms with E-state index in [4.69, 9.17) is 16.3 Å². The summed E-state index contributed by atoms with van der Waals surface area (Å²) in [5.41, 5.74) is 2.33. The van der Waals surface area contributed by atoms with E-state index in [2.05, 4.69) is 10.6 Å². The van der Waals surface area contributed by atoms with Gasteiger partial charge in [0.1, 0.15) is 5.75 Å². The average molecular weight is 347 g/mol. The SMILES string of the molecule is COc1ccc(NC(C)=O)cc1CNC(=O)Cc1ccc(Cl)cc1. The van der Waals surface area contributed by atoms with Crippen LogP contribution in [0.25, 0.3) is 0 Å². The van der Waals surface area contributed by atoms with E-state index in [-0.39, 0.29) is 18.2 Å². The number of benzene rings is 2. The van der Waals surface area contributed by atoms with Gasteiger partial charge in [-0.15, -0.1) is 0 Å². The first kappa shape index (κ1) is 17.8. The lowest BCUT2D eigenvalue weighted by molar-refractivity contribution is -0.120. The van der Waals surface area contributed by atoms with Gasteiger partial charge in [0, 0.05) is 29.7 Å². The summed E-state index contributed by atoms with van der Waals surface area (Å²) >= 11 is 5.83. The fraction of sp³-hybridized carbons (Fsp3) is 0.222. The number of anilines is 1. The lowest BCUT2D eigenvalue weighted by Crippen LogP contribution is -2.24. The lowest BCUT2D eigenvalue weighted by atomic mass is 10.1. The second-order valence-electron chi connectivity index (χ2n) is 5.29. The van der Waals surface area contributed by atoms with Crippen molar-refractivity contribution in [2.24, 2.45) is 0 Å². The Balaban J connectivity index is 2.00. The highest BCUT2D eigenvalue weighted by atomic mass is 35.5. The van der Waals surface area contributed by atoms with E-state index < -0.39 is 0 Å². The molecular formula is C18H19ClN2O3. The van der Waals surface area contributed by atoms with Crippen molar-refractivity contribution < 1.29 is 14.3 Å². The van der Waals surface area contributed by atoms with E-state index in [0.717, 1.165) is 11.1 Å². The zero-order valence-corrected chi connectivity index (χ0v) is 14.3. The van der Waals surface area contributed by atoms with Crippen LogP contribution in [-0.2, 0) is 22.6 Å². The minimum absolute atomic E-state index is 0.107. The zero-order valence-electron chi connectivity index (χ0n) is 13.6. The van der Waals surface area contributed by atoms with E-state index in [1.54, 1.807) is 37.4 Å². The molecule has 6 heteroatoms. The van der Waals surface area contributed by atoms with Gasteiger partial charge in [-0.2, -0.15) is 0 Å². The molecule has 24 heavy (non-hydrogen) atoms. The molecule has 126 valence electrons. The van der Waals surface area contributed by atoms with E-state index in [1.165, 1.54) is 6.92 Å². The molecule has 0 aliphatic heterocycles. The number of nitrogens with one attached hydrogen (secondary N) is 2. The molecule has 0 aliphatic carbocycles.